The van der Waals surface area contributed by atoms with E-state index in [1.165, 1.54) is 4.31 Å². The minimum atomic E-state index is -3.39. The first-order valence-corrected chi connectivity index (χ1v) is 7.80. The Morgan fingerprint density at radius 2 is 2.12 bits per heavy atom. The minimum absolute atomic E-state index is 0.0270. The van der Waals surface area contributed by atoms with Crippen LogP contribution in [-0.2, 0) is 14.8 Å². The van der Waals surface area contributed by atoms with Gasteiger partial charge >= 0.3 is 5.97 Å². The van der Waals surface area contributed by atoms with Gasteiger partial charge in [-0.05, 0) is 31.1 Å². The molecular weight excluding hydrogens is 242 g/mol. The second-order valence-electron chi connectivity index (χ2n) is 5.02. The molecule has 2 rings (SSSR count). The van der Waals surface area contributed by atoms with Gasteiger partial charge in [-0.2, -0.15) is 4.31 Å². The molecule has 1 saturated heterocycles. The van der Waals surface area contributed by atoms with Crippen molar-refractivity contribution in [2.24, 2.45) is 11.8 Å². The topological polar surface area (TPSA) is 74.7 Å². The van der Waals surface area contributed by atoms with Crippen LogP contribution < -0.4 is 0 Å². The van der Waals surface area contributed by atoms with Gasteiger partial charge in [-0.3, -0.25) is 4.79 Å². The highest BCUT2D eigenvalue weighted by Crippen LogP contribution is 2.43. The first-order valence-electron chi connectivity index (χ1n) is 6.19. The van der Waals surface area contributed by atoms with Gasteiger partial charge in [-0.25, -0.2) is 8.42 Å². The molecule has 0 aromatic carbocycles. The lowest BCUT2D eigenvalue weighted by molar-refractivity contribution is -0.142. The van der Waals surface area contributed by atoms with Crippen LogP contribution in [0.25, 0.3) is 0 Å². The molecule has 0 spiro atoms. The van der Waals surface area contributed by atoms with E-state index >= 15 is 0 Å². The molecule has 0 amide bonds. The Labute approximate surface area is 102 Å². The van der Waals surface area contributed by atoms with Crippen molar-refractivity contribution in [3.8, 4) is 0 Å². The number of carboxylic acid groups (broad SMARTS) is 1. The van der Waals surface area contributed by atoms with Gasteiger partial charge in [0.05, 0.1) is 5.75 Å². The molecule has 6 heteroatoms. The summed E-state index contributed by atoms with van der Waals surface area (Å²) in [6.45, 7) is 2.20. The van der Waals surface area contributed by atoms with Crippen LogP contribution in [0.15, 0.2) is 0 Å². The number of fused-ring (bicyclic) bond motifs is 1. The normalized spacial score (nSPS) is 33.8. The average molecular weight is 261 g/mol. The van der Waals surface area contributed by atoms with Crippen LogP contribution in [0.4, 0.5) is 0 Å². The predicted octanol–water partition coefficient (Wildman–Crippen LogP) is 0.911. The van der Waals surface area contributed by atoms with Gasteiger partial charge < -0.3 is 5.11 Å². The number of rotatable bonds is 4. The van der Waals surface area contributed by atoms with Crippen molar-refractivity contribution < 1.29 is 18.3 Å². The third-order valence-corrected chi connectivity index (χ3v) is 5.94. The number of hydrogen-bond acceptors (Lipinski definition) is 3. The molecule has 3 unspecified atom stereocenters. The molecule has 1 aliphatic carbocycles. The fourth-order valence-electron chi connectivity index (χ4n) is 3.23. The molecule has 1 N–H and O–H groups in total. The number of aliphatic carboxylic acids is 1. The Kier molecular flexibility index (Phi) is 3.45. The summed E-state index contributed by atoms with van der Waals surface area (Å²) in [5.74, 6) is -0.656. The van der Waals surface area contributed by atoms with E-state index in [-0.39, 0.29) is 17.6 Å². The van der Waals surface area contributed by atoms with E-state index in [0.29, 0.717) is 13.0 Å². The van der Waals surface area contributed by atoms with Crippen molar-refractivity contribution in [2.75, 3.05) is 12.3 Å². The van der Waals surface area contributed by atoms with Crippen LogP contribution in [0.2, 0.25) is 0 Å². The lowest BCUT2D eigenvalue weighted by Gasteiger charge is -2.23. The molecule has 0 bridgehead atoms. The quantitative estimate of drug-likeness (QED) is 0.816. The average Bonchev–Trinajstić information content (AvgIpc) is 2.74. The third kappa shape index (κ3) is 2.20. The van der Waals surface area contributed by atoms with Crippen molar-refractivity contribution in [3.63, 3.8) is 0 Å². The van der Waals surface area contributed by atoms with Crippen molar-refractivity contribution in [3.05, 3.63) is 0 Å². The SMILES string of the molecule is CCCS(=O)(=O)N1CC2CCCC2C1C(=O)O. The molecule has 5 nitrogen and oxygen atoms in total. The number of carboxylic acids is 1. The molecule has 3 atom stereocenters. The van der Waals surface area contributed by atoms with Crippen LogP contribution in [0.3, 0.4) is 0 Å². The Morgan fingerprint density at radius 3 is 2.71 bits per heavy atom. The van der Waals surface area contributed by atoms with Crippen LogP contribution >= 0.6 is 0 Å². The molecule has 1 heterocycles. The maximum Gasteiger partial charge on any atom is 0.322 e. The Bertz CT molecular complexity index is 406. The van der Waals surface area contributed by atoms with E-state index in [4.69, 9.17) is 0 Å². The van der Waals surface area contributed by atoms with Crippen molar-refractivity contribution in [1.82, 2.24) is 4.31 Å². The number of sulfonamides is 1. The molecule has 0 aromatic rings. The molecule has 1 aliphatic heterocycles. The van der Waals surface area contributed by atoms with Crippen LogP contribution in [0.1, 0.15) is 32.6 Å². The molecule has 1 saturated carbocycles. The highest BCUT2D eigenvalue weighted by Gasteiger charge is 2.51. The minimum Gasteiger partial charge on any atom is -0.480 e. The van der Waals surface area contributed by atoms with Gasteiger partial charge in [-0.1, -0.05) is 13.3 Å². The van der Waals surface area contributed by atoms with Gasteiger partial charge in [-0.15, -0.1) is 0 Å². The van der Waals surface area contributed by atoms with Gasteiger partial charge in [0.15, 0.2) is 0 Å². The van der Waals surface area contributed by atoms with Gasteiger partial charge in [0.1, 0.15) is 6.04 Å². The molecule has 2 fully saturated rings. The van der Waals surface area contributed by atoms with Gasteiger partial charge in [0, 0.05) is 6.54 Å². The van der Waals surface area contributed by atoms with Crippen LogP contribution in [-0.4, -0.2) is 42.1 Å². The molecule has 17 heavy (non-hydrogen) atoms. The Hall–Kier alpha value is -0.620. The van der Waals surface area contributed by atoms with E-state index < -0.39 is 22.0 Å². The summed E-state index contributed by atoms with van der Waals surface area (Å²) in [6, 6.07) is -0.820. The summed E-state index contributed by atoms with van der Waals surface area (Å²) < 4.78 is 25.3. The summed E-state index contributed by atoms with van der Waals surface area (Å²) >= 11 is 0. The fourth-order valence-corrected chi connectivity index (χ4v) is 5.00. The molecule has 0 radical (unpaired) electrons. The van der Waals surface area contributed by atoms with E-state index in [1.807, 2.05) is 0 Å². The monoisotopic (exact) mass is 261 g/mol. The summed E-state index contributed by atoms with van der Waals surface area (Å²) in [7, 11) is -3.39. The van der Waals surface area contributed by atoms with Crippen LogP contribution in [0.5, 0.6) is 0 Å². The second kappa shape index (κ2) is 4.57. The second-order valence-corrected chi connectivity index (χ2v) is 7.06. The fraction of sp³-hybridized carbons (Fsp3) is 0.909. The highest BCUT2D eigenvalue weighted by atomic mass is 32.2. The predicted molar refractivity (Wildman–Crippen MR) is 63.0 cm³/mol. The lowest BCUT2D eigenvalue weighted by Crippen LogP contribution is -2.44. The van der Waals surface area contributed by atoms with Crippen LogP contribution in [0, 0.1) is 11.8 Å². The lowest BCUT2D eigenvalue weighted by atomic mass is 9.94. The third-order valence-electron chi connectivity index (χ3n) is 3.92. The first kappa shape index (κ1) is 12.8. The molecule has 98 valence electrons. The summed E-state index contributed by atoms with van der Waals surface area (Å²) in [5.41, 5.74) is 0. The zero-order valence-electron chi connectivity index (χ0n) is 10.0. The number of carbonyl (C=O) groups is 1. The first-order chi connectivity index (χ1) is 7.97. The van der Waals surface area contributed by atoms with Crippen molar-refractivity contribution in [1.29, 1.82) is 0 Å². The zero-order chi connectivity index (χ0) is 12.6. The molecule has 2 aliphatic rings. The van der Waals surface area contributed by atoms with E-state index in [9.17, 15) is 18.3 Å². The van der Waals surface area contributed by atoms with E-state index in [0.717, 1.165) is 19.3 Å². The van der Waals surface area contributed by atoms with Gasteiger partial charge in [0.25, 0.3) is 0 Å². The van der Waals surface area contributed by atoms with E-state index in [2.05, 4.69) is 0 Å². The largest absolute Gasteiger partial charge is 0.480 e. The highest BCUT2D eigenvalue weighted by molar-refractivity contribution is 7.89. The standard InChI is InChI=1S/C11H19NO4S/c1-2-6-17(15,16)12-7-8-4-3-5-9(8)10(12)11(13)14/h8-10H,2-7H2,1H3,(H,13,14). The maximum absolute atomic E-state index is 12.0. The van der Waals surface area contributed by atoms with Gasteiger partial charge in [0.2, 0.25) is 10.0 Å². The smallest absolute Gasteiger partial charge is 0.322 e. The maximum atomic E-state index is 12.0. The number of hydrogen-bond donors (Lipinski definition) is 1. The number of nitrogens with zero attached hydrogens (tertiary/aromatic N) is 1. The summed E-state index contributed by atoms with van der Waals surface area (Å²) in [6.07, 6.45) is 3.37. The Morgan fingerprint density at radius 1 is 1.41 bits per heavy atom. The zero-order valence-corrected chi connectivity index (χ0v) is 10.8. The van der Waals surface area contributed by atoms with E-state index in [1.54, 1.807) is 6.92 Å². The molecular formula is C11H19NO4S. The van der Waals surface area contributed by atoms with Crippen molar-refractivity contribution in [2.45, 2.75) is 38.6 Å². The summed E-state index contributed by atoms with van der Waals surface area (Å²) in [4.78, 5) is 11.3. The summed E-state index contributed by atoms with van der Waals surface area (Å²) in [5, 5.41) is 9.26. The Balaban J connectivity index is 2.26. The molecule has 0 aromatic heterocycles. The van der Waals surface area contributed by atoms with Crippen molar-refractivity contribution >= 4 is 16.0 Å².